The fraction of sp³-hybridized carbons (Fsp3) is 0.387. The second kappa shape index (κ2) is 11.7. The van der Waals surface area contributed by atoms with Crippen molar-refractivity contribution in [3.63, 3.8) is 0 Å². The molecule has 2 fully saturated rings. The fourth-order valence-electron chi connectivity index (χ4n) is 5.96. The molecule has 0 unspecified atom stereocenters. The van der Waals surface area contributed by atoms with Crippen LogP contribution in [0.1, 0.15) is 31.2 Å². The highest BCUT2D eigenvalue weighted by atomic mass is 35.5. The van der Waals surface area contributed by atoms with Gasteiger partial charge in [0.2, 0.25) is 0 Å². The zero-order chi connectivity index (χ0) is 29.4. The number of aromatic amines is 1. The van der Waals surface area contributed by atoms with Crippen LogP contribution in [0.15, 0.2) is 54.6 Å². The highest BCUT2D eigenvalue weighted by Gasteiger charge is 2.29. The van der Waals surface area contributed by atoms with E-state index in [0.717, 1.165) is 36.3 Å². The molecule has 1 aliphatic carbocycles. The number of carbonyl (C=O) groups is 1. The Hall–Kier alpha value is -3.47. The van der Waals surface area contributed by atoms with E-state index in [1.165, 1.54) is 11.8 Å². The Balaban J connectivity index is 1.09. The van der Waals surface area contributed by atoms with E-state index in [0.29, 0.717) is 53.6 Å². The van der Waals surface area contributed by atoms with Gasteiger partial charge in [0.15, 0.2) is 5.65 Å². The van der Waals surface area contributed by atoms with Gasteiger partial charge in [-0.1, -0.05) is 60.1 Å². The first kappa shape index (κ1) is 28.6. The van der Waals surface area contributed by atoms with Crippen molar-refractivity contribution in [2.45, 2.75) is 38.3 Å². The van der Waals surface area contributed by atoms with Gasteiger partial charge in [-0.3, -0.25) is 9.69 Å². The van der Waals surface area contributed by atoms with Gasteiger partial charge < -0.3 is 14.8 Å². The second-order valence-electron chi connectivity index (χ2n) is 11.6. The number of nitrogens with one attached hydrogen (secondary N) is 1. The van der Waals surface area contributed by atoms with Gasteiger partial charge in [0.25, 0.3) is 6.01 Å². The molecule has 0 radical (unpaired) electrons. The van der Waals surface area contributed by atoms with E-state index >= 15 is 0 Å². The number of hydrogen-bond donors (Lipinski definition) is 2. The van der Waals surface area contributed by atoms with E-state index in [2.05, 4.69) is 39.1 Å². The number of aliphatic carboxylic acids is 1. The third-order valence-corrected chi connectivity index (χ3v) is 9.49. The van der Waals surface area contributed by atoms with Gasteiger partial charge in [0.1, 0.15) is 15.9 Å². The monoisotopic (exact) mass is 608 g/mol. The minimum Gasteiger partial charge on any atom is -0.481 e. The van der Waals surface area contributed by atoms with Crippen molar-refractivity contribution in [2.75, 3.05) is 25.1 Å². The molecule has 0 amide bonds. The van der Waals surface area contributed by atoms with Crippen molar-refractivity contribution in [3.05, 3.63) is 65.2 Å². The van der Waals surface area contributed by atoms with Crippen molar-refractivity contribution in [1.82, 2.24) is 19.9 Å². The number of carboxylic acids is 1. The Bertz CT molecular complexity index is 1690. The van der Waals surface area contributed by atoms with Crippen molar-refractivity contribution in [3.8, 4) is 28.4 Å². The molecule has 2 aromatic heterocycles. The number of carboxylic acid groups (broad SMARTS) is 1. The topological polar surface area (TPSA) is 125 Å². The number of nitrogens with zero attached hydrogens (tertiary/aromatic N) is 3. The summed E-state index contributed by atoms with van der Waals surface area (Å²) in [5, 5.41) is 9.71. The molecule has 2 aliphatic rings. The van der Waals surface area contributed by atoms with Crippen LogP contribution in [0.3, 0.4) is 0 Å². The molecule has 9 nitrogen and oxygen atoms in total. The molecule has 0 spiro atoms. The highest BCUT2D eigenvalue weighted by molar-refractivity contribution is 7.90. The molecule has 2 aromatic carbocycles. The number of halogens is 1. The third kappa shape index (κ3) is 6.61. The lowest BCUT2D eigenvalue weighted by Crippen LogP contribution is -2.48. The molecule has 220 valence electrons. The van der Waals surface area contributed by atoms with E-state index in [-0.39, 0.29) is 23.7 Å². The number of fused-ring (bicyclic) bond motifs is 1. The second-order valence-corrected chi connectivity index (χ2v) is 14.2. The van der Waals surface area contributed by atoms with Crippen LogP contribution >= 0.6 is 11.6 Å². The Morgan fingerprint density at radius 1 is 1.00 bits per heavy atom. The van der Waals surface area contributed by atoms with Gasteiger partial charge in [0.05, 0.1) is 27.9 Å². The van der Waals surface area contributed by atoms with Gasteiger partial charge >= 0.3 is 5.97 Å². The van der Waals surface area contributed by atoms with Crippen LogP contribution in [0.4, 0.5) is 0 Å². The molecule has 11 heteroatoms. The summed E-state index contributed by atoms with van der Waals surface area (Å²) in [6, 6.07) is 18.7. The number of aromatic nitrogens is 3. The zero-order valence-electron chi connectivity index (χ0n) is 23.3. The average molecular weight is 609 g/mol. The van der Waals surface area contributed by atoms with Crippen LogP contribution in [0, 0.1) is 11.8 Å². The Morgan fingerprint density at radius 3 is 2.24 bits per heavy atom. The number of hydrogen-bond acceptors (Lipinski definition) is 7. The Kier molecular flexibility index (Phi) is 7.95. The summed E-state index contributed by atoms with van der Waals surface area (Å²) in [7, 11) is -2.92. The fourth-order valence-corrected chi connectivity index (χ4v) is 7.29. The van der Waals surface area contributed by atoms with Crippen molar-refractivity contribution in [1.29, 1.82) is 0 Å². The van der Waals surface area contributed by atoms with E-state index < -0.39 is 15.8 Å². The lowest BCUT2D eigenvalue weighted by atomic mass is 9.87. The van der Waals surface area contributed by atoms with Crippen molar-refractivity contribution >= 4 is 38.6 Å². The number of H-pyrrole nitrogens is 1. The number of pyridine rings is 1. The predicted molar refractivity (Wildman–Crippen MR) is 162 cm³/mol. The molecule has 1 saturated carbocycles. The van der Waals surface area contributed by atoms with Crippen LogP contribution in [0.5, 0.6) is 6.01 Å². The third-order valence-electron chi connectivity index (χ3n) is 8.13. The highest BCUT2D eigenvalue weighted by Crippen LogP contribution is 2.33. The van der Waals surface area contributed by atoms with E-state index in [9.17, 15) is 18.3 Å². The van der Waals surface area contributed by atoms with Crippen LogP contribution < -0.4 is 4.74 Å². The number of sulfone groups is 1. The average Bonchev–Trinajstić information content (AvgIpc) is 3.32. The molecular weight excluding hydrogens is 576 g/mol. The lowest BCUT2D eigenvalue weighted by molar-refractivity contribution is -0.143. The first-order valence-electron chi connectivity index (χ1n) is 14.1. The summed E-state index contributed by atoms with van der Waals surface area (Å²) in [6.45, 7) is 2.46. The molecular formula is C31H33ClN4O5S. The Labute approximate surface area is 249 Å². The van der Waals surface area contributed by atoms with E-state index in [4.69, 9.17) is 21.3 Å². The van der Waals surface area contributed by atoms with Crippen LogP contribution in [0.25, 0.3) is 33.5 Å². The van der Waals surface area contributed by atoms with Gasteiger partial charge in [0, 0.05) is 31.5 Å². The molecule has 1 saturated heterocycles. The molecule has 1 aliphatic heterocycles. The van der Waals surface area contributed by atoms with Crippen molar-refractivity contribution < 1.29 is 23.1 Å². The minimum absolute atomic E-state index is 0.0762. The molecule has 3 heterocycles. The zero-order valence-corrected chi connectivity index (χ0v) is 24.9. The summed E-state index contributed by atoms with van der Waals surface area (Å²) in [5.74, 6) is -0.532. The maximum Gasteiger partial charge on any atom is 0.306 e. The summed E-state index contributed by atoms with van der Waals surface area (Å²) in [6.07, 6.45) is 3.77. The first-order valence-corrected chi connectivity index (χ1v) is 16.6. The largest absolute Gasteiger partial charge is 0.481 e. The molecule has 42 heavy (non-hydrogen) atoms. The Morgan fingerprint density at radius 2 is 1.62 bits per heavy atom. The molecule has 0 bridgehead atoms. The normalized spacial score (nSPS) is 20.0. The standard InChI is InChI=1S/C31H33ClN4O5S/c1-42(39,40)18-20-16-36(17-20)15-19-2-4-21(5-3-19)22-6-8-23(9-7-22)28-26(32)14-27-29(34-28)35-31(33-27)41-25-12-10-24(11-13-25)30(37)38/h2-9,14,20,24-25H,10-13,15-18H2,1H3,(H,37,38)(H,33,34,35). The number of benzene rings is 2. The van der Waals surface area contributed by atoms with Gasteiger partial charge in [-0.15, -0.1) is 0 Å². The SMILES string of the molecule is CS(=O)(=O)CC1CN(Cc2ccc(-c3ccc(-c4nc5nc(OC6CCC(C(=O)O)CC6)[nH]c5cc4Cl)cc3)cc2)C1. The van der Waals surface area contributed by atoms with Crippen LogP contribution in [0.2, 0.25) is 5.02 Å². The van der Waals surface area contributed by atoms with E-state index in [1.54, 1.807) is 6.07 Å². The quantitative estimate of drug-likeness (QED) is 0.257. The van der Waals surface area contributed by atoms with Gasteiger partial charge in [-0.2, -0.15) is 4.98 Å². The summed E-state index contributed by atoms with van der Waals surface area (Å²) in [4.78, 5) is 25.8. The van der Waals surface area contributed by atoms with Gasteiger partial charge in [-0.25, -0.2) is 13.4 Å². The number of rotatable bonds is 9. The van der Waals surface area contributed by atoms with Crippen LogP contribution in [-0.4, -0.2) is 70.5 Å². The maximum atomic E-state index is 11.5. The molecule has 2 N–H and O–H groups in total. The minimum atomic E-state index is -2.92. The molecule has 0 atom stereocenters. The summed E-state index contributed by atoms with van der Waals surface area (Å²) in [5.41, 5.74) is 6.08. The van der Waals surface area contributed by atoms with Gasteiger partial charge in [-0.05, 0) is 54.4 Å². The molecule has 4 aromatic rings. The molecule has 6 rings (SSSR count). The van der Waals surface area contributed by atoms with Crippen LogP contribution in [-0.2, 0) is 21.2 Å². The first-order chi connectivity index (χ1) is 20.1. The smallest absolute Gasteiger partial charge is 0.306 e. The summed E-state index contributed by atoms with van der Waals surface area (Å²) >= 11 is 6.62. The number of ether oxygens (including phenoxy) is 1. The predicted octanol–water partition coefficient (Wildman–Crippen LogP) is 5.44. The lowest BCUT2D eigenvalue weighted by Gasteiger charge is -2.39. The number of likely N-dealkylation sites (tertiary alicyclic amines) is 1. The summed E-state index contributed by atoms with van der Waals surface area (Å²) < 4.78 is 29.0. The maximum absolute atomic E-state index is 11.5. The van der Waals surface area contributed by atoms with E-state index in [1.807, 2.05) is 24.3 Å². The number of imidazole rings is 1. The van der Waals surface area contributed by atoms with Crippen molar-refractivity contribution in [2.24, 2.45) is 11.8 Å².